The summed E-state index contributed by atoms with van der Waals surface area (Å²) in [5.41, 5.74) is 4.75. The predicted octanol–water partition coefficient (Wildman–Crippen LogP) is 3.63. The van der Waals surface area contributed by atoms with E-state index in [1.165, 1.54) is 24.3 Å². The Morgan fingerprint density at radius 1 is 1.14 bits per heavy atom. The molecule has 0 fully saturated rings. The molecular formula is C16H12FNO2S. The number of nitrogens with one attached hydrogen (secondary N) is 1. The average molecular weight is 301 g/mol. The number of hydroxylamine groups is 1. The minimum absolute atomic E-state index is 0.294. The molecule has 3 nitrogen and oxygen atoms in total. The number of carbonyl (C=O) groups is 1. The van der Waals surface area contributed by atoms with Gasteiger partial charge in [-0.2, -0.15) is 0 Å². The van der Waals surface area contributed by atoms with Crippen molar-refractivity contribution in [3.63, 3.8) is 0 Å². The van der Waals surface area contributed by atoms with E-state index < -0.39 is 5.97 Å². The molecule has 2 aromatic rings. The fourth-order valence-corrected chi connectivity index (χ4v) is 2.92. The van der Waals surface area contributed by atoms with Gasteiger partial charge in [0.1, 0.15) is 5.82 Å². The van der Waals surface area contributed by atoms with Gasteiger partial charge in [-0.05, 0) is 36.4 Å². The molecule has 0 spiro atoms. The quantitative estimate of drug-likeness (QED) is 0.879. The Morgan fingerprint density at radius 2 is 1.90 bits per heavy atom. The largest absolute Gasteiger partial charge is 0.362 e. The number of fused-ring (bicyclic) bond motifs is 1. The van der Waals surface area contributed by atoms with Crippen molar-refractivity contribution in [1.82, 2.24) is 5.48 Å². The van der Waals surface area contributed by atoms with Gasteiger partial charge in [0.15, 0.2) is 0 Å². The van der Waals surface area contributed by atoms with Crippen molar-refractivity contribution in [2.24, 2.45) is 0 Å². The smallest absolute Gasteiger partial charge is 0.338 e. The molecule has 3 rings (SSSR count). The molecule has 0 amide bonds. The summed E-state index contributed by atoms with van der Waals surface area (Å²) in [6.07, 6.45) is 1.96. The third-order valence-electron chi connectivity index (χ3n) is 3.04. The van der Waals surface area contributed by atoms with Gasteiger partial charge in [-0.15, -0.1) is 11.8 Å². The molecule has 21 heavy (non-hydrogen) atoms. The number of hydrogen-bond acceptors (Lipinski definition) is 4. The SMILES string of the molecule is O=C(ONC1=CCSc2ccccc21)c1ccc(F)cc1. The van der Waals surface area contributed by atoms with Crippen molar-refractivity contribution in [2.45, 2.75) is 4.90 Å². The highest BCUT2D eigenvalue weighted by Crippen LogP contribution is 2.31. The maximum Gasteiger partial charge on any atom is 0.362 e. The summed E-state index contributed by atoms with van der Waals surface area (Å²) < 4.78 is 12.8. The fraction of sp³-hybridized carbons (Fsp3) is 0.0625. The van der Waals surface area contributed by atoms with Crippen LogP contribution in [0.4, 0.5) is 4.39 Å². The highest BCUT2D eigenvalue weighted by atomic mass is 32.2. The van der Waals surface area contributed by atoms with Crippen LogP contribution in [-0.4, -0.2) is 11.7 Å². The second kappa shape index (κ2) is 6.01. The van der Waals surface area contributed by atoms with Crippen LogP contribution in [0, 0.1) is 5.82 Å². The molecule has 2 aromatic carbocycles. The summed E-state index contributed by atoms with van der Waals surface area (Å²) in [5, 5.41) is 0. The van der Waals surface area contributed by atoms with Crippen molar-refractivity contribution in [3.8, 4) is 0 Å². The second-order valence-corrected chi connectivity index (χ2v) is 5.49. The Morgan fingerprint density at radius 3 is 2.71 bits per heavy atom. The van der Waals surface area contributed by atoms with Crippen LogP contribution in [0.5, 0.6) is 0 Å². The number of thioether (sulfide) groups is 1. The van der Waals surface area contributed by atoms with Crippen LogP contribution in [0.15, 0.2) is 59.5 Å². The lowest BCUT2D eigenvalue weighted by atomic mass is 10.1. The molecule has 5 heteroatoms. The van der Waals surface area contributed by atoms with E-state index in [0.717, 1.165) is 21.9 Å². The summed E-state index contributed by atoms with van der Waals surface area (Å²) in [6.45, 7) is 0. The Balaban J connectivity index is 1.69. The minimum atomic E-state index is -0.549. The molecule has 0 unspecified atom stereocenters. The van der Waals surface area contributed by atoms with Crippen molar-refractivity contribution < 1.29 is 14.0 Å². The van der Waals surface area contributed by atoms with E-state index in [2.05, 4.69) is 5.48 Å². The molecule has 1 aliphatic rings. The van der Waals surface area contributed by atoms with Gasteiger partial charge in [-0.1, -0.05) is 18.2 Å². The highest BCUT2D eigenvalue weighted by Gasteiger charge is 2.14. The van der Waals surface area contributed by atoms with Crippen LogP contribution in [0.3, 0.4) is 0 Å². The molecule has 0 aromatic heterocycles. The molecule has 0 saturated carbocycles. The first kappa shape index (κ1) is 13.7. The number of rotatable bonds is 3. The lowest BCUT2D eigenvalue weighted by Crippen LogP contribution is -2.20. The van der Waals surface area contributed by atoms with Crippen LogP contribution in [0.2, 0.25) is 0 Å². The van der Waals surface area contributed by atoms with E-state index in [9.17, 15) is 9.18 Å². The topological polar surface area (TPSA) is 38.3 Å². The fourth-order valence-electron chi connectivity index (χ4n) is 1.98. The van der Waals surface area contributed by atoms with E-state index in [1.54, 1.807) is 11.8 Å². The zero-order valence-corrected chi connectivity index (χ0v) is 11.8. The molecule has 0 radical (unpaired) electrons. The third kappa shape index (κ3) is 3.08. The van der Waals surface area contributed by atoms with Gasteiger partial charge >= 0.3 is 5.97 Å². The van der Waals surface area contributed by atoms with Crippen molar-refractivity contribution in [2.75, 3.05) is 5.75 Å². The van der Waals surface area contributed by atoms with Crippen molar-refractivity contribution >= 4 is 23.4 Å². The van der Waals surface area contributed by atoms with Gasteiger partial charge in [0.25, 0.3) is 0 Å². The molecule has 1 aliphatic heterocycles. The maximum atomic E-state index is 12.8. The number of benzene rings is 2. The van der Waals surface area contributed by atoms with E-state index in [1.807, 2.05) is 30.3 Å². The number of carbonyl (C=O) groups excluding carboxylic acids is 1. The van der Waals surface area contributed by atoms with Crippen LogP contribution < -0.4 is 5.48 Å². The molecule has 106 valence electrons. The first-order valence-electron chi connectivity index (χ1n) is 6.39. The third-order valence-corrected chi connectivity index (χ3v) is 4.04. The molecule has 0 aliphatic carbocycles. The summed E-state index contributed by atoms with van der Waals surface area (Å²) in [6, 6.07) is 13.1. The van der Waals surface area contributed by atoms with Gasteiger partial charge in [-0.25, -0.2) is 14.7 Å². The lowest BCUT2D eigenvalue weighted by Gasteiger charge is -2.17. The van der Waals surface area contributed by atoms with Gasteiger partial charge in [0.05, 0.1) is 11.3 Å². The Labute approximate surface area is 125 Å². The normalized spacial score (nSPS) is 13.1. The first-order chi connectivity index (χ1) is 10.2. The van der Waals surface area contributed by atoms with Gasteiger partial charge in [0.2, 0.25) is 0 Å². The Bertz CT molecular complexity index is 698. The average Bonchev–Trinajstić information content (AvgIpc) is 2.53. The van der Waals surface area contributed by atoms with Crippen LogP contribution in [0.1, 0.15) is 15.9 Å². The van der Waals surface area contributed by atoms with Crippen LogP contribution >= 0.6 is 11.8 Å². The summed E-state index contributed by atoms with van der Waals surface area (Å²) >= 11 is 1.73. The van der Waals surface area contributed by atoms with Gasteiger partial charge in [-0.3, -0.25) is 0 Å². The maximum absolute atomic E-state index is 12.8. The Hall–Kier alpha value is -2.27. The predicted molar refractivity (Wildman–Crippen MR) is 80.1 cm³/mol. The molecular weight excluding hydrogens is 289 g/mol. The van der Waals surface area contributed by atoms with E-state index in [-0.39, 0.29) is 5.82 Å². The lowest BCUT2D eigenvalue weighted by molar-refractivity contribution is 0.0368. The van der Waals surface area contributed by atoms with Crippen LogP contribution in [-0.2, 0) is 4.84 Å². The van der Waals surface area contributed by atoms with Crippen molar-refractivity contribution in [1.29, 1.82) is 0 Å². The molecule has 1 N–H and O–H groups in total. The molecule has 1 heterocycles. The first-order valence-corrected chi connectivity index (χ1v) is 7.38. The summed E-state index contributed by atoms with van der Waals surface area (Å²) in [5.74, 6) is -0.125. The zero-order chi connectivity index (χ0) is 14.7. The monoisotopic (exact) mass is 301 g/mol. The standard InChI is InChI=1S/C16H12FNO2S/c17-12-7-5-11(6-8-12)16(19)20-18-14-9-10-21-15-4-2-1-3-13(14)15/h1-9,18H,10H2. The number of halogens is 1. The minimum Gasteiger partial charge on any atom is -0.338 e. The number of hydrogen-bond donors (Lipinski definition) is 1. The van der Waals surface area contributed by atoms with Crippen molar-refractivity contribution in [3.05, 3.63) is 71.6 Å². The Kier molecular flexibility index (Phi) is 3.92. The van der Waals surface area contributed by atoms with E-state index in [0.29, 0.717) is 5.56 Å². The van der Waals surface area contributed by atoms with E-state index >= 15 is 0 Å². The molecule has 0 bridgehead atoms. The summed E-state index contributed by atoms with van der Waals surface area (Å²) in [7, 11) is 0. The second-order valence-electron chi connectivity index (χ2n) is 4.42. The van der Waals surface area contributed by atoms with E-state index in [4.69, 9.17) is 4.84 Å². The summed E-state index contributed by atoms with van der Waals surface area (Å²) in [4.78, 5) is 18.1. The van der Waals surface area contributed by atoms with Gasteiger partial charge in [0, 0.05) is 16.2 Å². The molecule has 0 saturated heterocycles. The highest BCUT2D eigenvalue weighted by molar-refractivity contribution is 7.99. The molecule has 0 atom stereocenters. The van der Waals surface area contributed by atoms with Crippen LogP contribution in [0.25, 0.3) is 5.70 Å². The van der Waals surface area contributed by atoms with Gasteiger partial charge < -0.3 is 4.84 Å². The zero-order valence-electron chi connectivity index (χ0n) is 11.0.